The normalized spacial score (nSPS) is 20.2. The maximum absolute atomic E-state index is 13.5. The van der Waals surface area contributed by atoms with Crippen molar-refractivity contribution in [1.29, 1.82) is 0 Å². The summed E-state index contributed by atoms with van der Waals surface area (Å²) < 4.78 is 10.7. The highest BCUT2D eigenvalue weighted by Gasteiger charge is 2.50. The van der Waals surface area contributed by atoms with Gasteiger partial charge in [-0.15, -0.1) is 0 Å². The van der Waals surface area contributed by atoms with E-state index in [4.69, 9.17) is 32.7 Å². The summed E-state index contributed by atoms with van der Waals surface area (Å²) >= 11 is 12.8. The van der Waals surface area contributed by atoms with Gasteiger partial charge in [-0.2, -0.15) is 0 Å². The van der Waals surface area contributed by atoms with E-state index in [0.717, 1.165) is 42.1 Å². The van der Waals surface area contributed by atoms with Crippen LogP contribution in [0.1, 0.15) is 42.9 Å². The molecule has 0 spiro atoms. The Bertz CT molecular complexity index is 1370. The zero-order valence-electron chi connectivity index (χ0n) is 19.2. The molecule has 2 fully saturated rings. The van der Waals surface area contributed by atoms with Gasteiger partial charge < -0.3 is 24.5 Å². The van der Waals surface area contributed by atoms with Gasteiger partial charge in [0.25, 0.3) is 11.7 Å². The lowest BCUT2D eigenvalue weighted by Gasteiger charge is -2.30. The largest absolute Gasteiger partial charge is 0.507 e. The lowest BCUT2D eigenvalue weighted by Crippen LogP contribution is -2.37. The first-order valence-electron chi connectivity index (χ1n) is 11.4. The number of benzene rings is 2. The van der Waals surface area contributed by atoms with Crippen LogP contribution < -0.4 is 9.47 Å². The SMILES string of the molecule is COc1c(Cl)cc(/C(O)=C2\C(=O)C(=O)N(C3CCCC3)C2c2c[nH]c3ccccc23)c(OC)c1Cl. The fraction of sp³-hybridized carbons (Fsp3) is 0.308. The van der Waals surface area contributed by atoms with Crippen LogP contribution in [0.2, 0.25) is 10.0 Å². The van der Waals surface area contributed by atoms with Crippen LogP contribution in [0.3, 0.4) is 0 Å². The summed E-state index contributed by atoms with van der Waals surface area (Å²) in [5, 5.41) is 12.6. The smallest absolute Gasteiger partial charge is 0.295 e. The van der Waals surface area contributed by atoms with E-state index in [2.05, 4.69) is 4.98 Å². The molecule has 2 heterocycles. The van der Waals surface area contributed by atoms with Crippen LogP contribution in [0.5, 0.6) is 11.5 Å². The number of likely N-dealkylation sites (tertiary alicyclic amines) is 1. The Labute approximate surface area is 212 Å². The van der Waals surface area contributed by atoms with Crippen molar-refractivity contribution < 1.29 is 24.2 Å². The number of nitrogens with zero attached hydrogens (tertiary/aromatic N) is 1. The minimum atomic E-state index is -0.779. The number of nitrogens with one attached hydrogen (secondary N) is 1. The quantitative estimate of drug-likeness (QED) is 0.253. The van der Waals surface area contributed by atoms with E-state index in [-0.39, 0.29) is 38.7 Å². The number of amides is 1. The number of ketones is 1. The molecule has 35 heavy (non-hydrogen) atoms. The molecule has 2 aromatic carbocycles. The summed E-state index contributed by atoms with van der Waals surface area (Å²) in [6.07, 6.45) is 5.35. The number of methoxy groups -OCH3 is 2. The molecule has 1 saturated carbocycles. The lowest BCUT2D eigenvalue weighted by molar-refractivity contribution is -0.141. The second-order valence-corrected chi connectivity index (χ2v) is 9.51. The number of ether oxygens (including phenoxy) is 2. The third-order valence-corrected chi connectivity index (χ3v) is 7.53. The van der Waals surface area contributed by atoms with E-state index in [1.807, 2.05) is 24.3 Å². The molecular formula is C26H24Cl2N2O5. The number of aliphatic hydroxyl groups is 1. The topological polar surface area (TPSA) is 91.9 Å². The molecule has 9 heteroatoms. The number of carbonyl (C=O) groups excluding carboxylic acids is 2. The fourth-order valence-corrected chi connectivity index (χ4v) is 6.01. The van der Waals surface area contributed by atoms with Crippen molar-refractivity contribution in [2.24, 2.45) is 0 Å². The van der Waals surface area contributed by atoms with Crippen LogP contribution in [0.25, 0.3) is 16.7 Å². The van der Waals surface area contributed by atoms with Gasteiger partial charge in [-0.05, 0) is 25.0 Å². The van der Waals surface area contributed by atoms with Crippen molar-refractivity contribution >= 4 is 51.6 Å². The lowest BCUT2D eigenvalue weighted by atomic mass is 9.94. The van der Waals surface area contributed by atoms with Gasteiger partial charge in [-0.1, -0.05) is 54.2 Å². The average Bonchev–Trinajstić information content (AvgIpc) is 3.58. The molecule has 2 aliphatic rings. The Morgan fingerprint density at radius 1 is 1.09 bits per heavy atom. The Morgan fingerprint density at radius 3 is 2.46 bits per heavy atom. The van der Waals surface area contributed by atoms with Crippen molar-refractivity contribution in [2.75, 3.05) is 14.2 Å². The van der Waals surface area contributed by atoms with E-state index < -0.39 is 23.5 Å². The number of rotatable bonds is 5. The minimum absolute atomic E-state index is 0.0257. The molecule has 2 N–H and O–H groups in total. The Morgan fingerprint density at radius 2 is 1.77 bits per heavy atom. The molecule has 1 aliphatic carbocycles. The van der Waals surface area contributed by atoms with Gasteiger partial charge in [-0.25, -0.2) is 0 Å². The highest BCUT2D eigenvalue weighted by molar-refractivity contribution is 6.47. The third kappa shape index (κ3) is 3.65. The maximum Gasteiger partial charge on any atom is 0.295 e. The minimum Gasteiger partial charge on any atom is -0.507 e. The van der Waals surface area contributed by atoms with Crippen LogP contribution >= 0.6 is 23.2 Å². The predicted molar refractivity (Wildman–Crippen MR) is 134 cm³/mol. The number of H-pyrrole nitrogens is 1. The molecule has 0 radical (unpaired) electrons. The second kappa shape index (κ2) is 9.13. The first-order valence-corrected chi connectivity index (χ1v) is 12.1. The highest BCUT2D eigenvalue weighted by atomic mass is 35.5. The van der Waals surface area contributed by atoms with Gasteiger partial charge in [0.1, 0.15) is 10.8 Å². The third-order valence-electron chi connectivity index (χ3n) is 6.91. The van der Waals surface area contributed by atoms with Crippen molar-refractivity contribution in [3.8, 4) is 11.5 Å². The number of para-hydroxylation sites is 1. The van der Waals surface area contributed by atoms with Crippen molar-refractivity contribution in [3.05, 3.63) is 63.3 Å². The number of halogens is 2. The standard InChI is InChI=1S/C26H24Cl2N2O5/c1-34-24-15(11-17(27)25(35-2)20(24)28)22(31)19-21(16-12-29-18-10-6-5-9-14(16)18)30(26(33)23(19)32)13-7-3-4-8-13/h5-6,9-13,21,29,31H,3-4,7-8H2,1-2H3/b22-19+. The number of hydrogen-bond donors (Lipinski definition) is 2. The summed E-state index contributed by atoms with van der Waals surface area (Å²) in [4.78, 5) is 31.7. The molecule has 5 rings (SSSR count). The average molecular weight is 515 g/mol. The van der Waals surface area contributed by atoms with Crippen LogP contribution in [0, 0.1) is 0 Å². The van der Waals surface area contributed by atoms with E-state index in [1.54, 1.807) is 11.1 Å². The van der Waals surface area contributed by atoms with Crippen molar-refractivity contribution in [1.82, 2.24) is 9.88 Å². The van der Waals surface area contributed by atoms with E-state index in [9.17, 15) is 14.7 Å². The van der Waals surface area contributed by atoms with Gasteiger partial charge in [0.2, 0.25) is 0 Å². The molecule has 1 aromatic heterocycles. The summed E-state index contributed by atoms with van der Waals surface area (Å²) in [6, 6.07) is 8.20. The summed E-state index contributed by atoms with van der Waals surface area (Å²) in [6.45, 7) is 0. The molecule has 1 aliphatic heterocycles. The number of aromatic amines is 1. The Balaban J connectivity index is 1.78. The first-order chi connectivity index (χ1) is 16.9. The maximum atomic E-state index is 13.5. The first kappa shape index (κ1) is 23.6. The van der Waals surface area contributed by atoms with E-state index in [1.165, 1.54) is 20.3 Å². The number of Topliss-reactive ketones (excluding diaryl/α,β-unsaturated/α-hetero) is 1. The van der Waals surface area contributed by atoms with Crippen LogP contribution in [-0.2, 0) is 9.59 Å². The number of carbonyl (C=O) groups is 2. The van der Waals surface area contributed by atoms with Crippen LogP contribution in [0.4, 0.5) is 0 Å². The molecule has 1 amide bonds. The molecule has 3 aromatic rings. The molecule has 1 saturated heterocycles. The summed E-state index contributed by atoms with van der Waals surface area (Å²) in [7, 11) is 2.80. The molecule has 1 unspecified atom stereocenters. The zero-order valence-corrected chi connectivity index (χ0v) is 20.7. The molecule has 7 nitrogen and oxygen atoms in total. The zero-order chi connectivity index (χ0) is 24.9. The van der Waals surface area contributed by atoms with Gasteiger partial charge >= 0.3 is 0 Å². The summed E-state index contributed by atoms with van der Waals surface area (Å²) in [5.74, 6) is -1.51. The second-order valence-electron chi connectivity index (χ2n) is 8.72. The van der Waals surface area contributed by atoms with E-state index >= 15 is 0 Å². The monoisotopic (exact) mass is 514 g/mol. The van der Waals surface area contributed by atoms with Crippen LogP contribution in [0.15, 0.2) is 42.1 Å². The highest BCUT2D eigenvalue weighted by Crippen LogP contribution is 2.49. The molecule has 0 bridgehead atoms. The number of hydrogen-bond acceptors (Lipinski definition) is 5. The van der Waals surface area contributed by atoms with Gasteiger partial charge in [0.15, 0.2) is 11.5 Å². The number of aromatic nitrogens is 1. The number of aliphatic hydroxyl groups excluding tert-OH is 1. The van der Waals surface area contributed by atoms with Crippen molar-refractivity contribution in [2.45, 2.75) is 37.8 Å². The predicted octanol–water partition coefficient (Wildman–Crippen LogP) is 5.86. The van der Waals surface area contributed by atoms with Gasteiger partial charge in [-0.3, -0.25) is 9.59 Å². The van der Waals surface area contributed by atoms with Crippen molar-refractivity contribution in [3.63, 3.8) is 0 Å². The molecular weight excluding hydrogens is 491 g/mol. The van der Waals surface area contributed by atoms with E-state index in [0.29, 0.717) is 0 Å². The molecule has 1 atom stereocenters. The van der Waals surface area contributed by atoms with Gasteiger partial charge in [0, 0.05) is 28.7 Å². The summed E-state index contributed by atoms with van der Waals surface area (Å²) in [5.41, 5.74) is 1.69. The number of fused-ring (bicyclic) bond motifs is 1. The molecule has 182 valence electrons. The Hall–Kier alpha value is -3.16. The Kier molecular flexibility index (Phi) is 6.15. The van der Waals surface area contributed by atoms with Gasteiger partial charge in [0.05, 0.1) is 36.4 Å². The fourth-order valence-electron chi connectivity index (χ4n) is 5.33. The van der Waals surface area contributed by atoms with Crippen LogP contribution in [-0.4, -0.2) is 46.9 Å².